The van der Waals surface area contributed by atoms with Crippen molar-refractivity contribution in [2.24, 2.45) is 5.73 Å². The molecule has 0 aliphatic carbocycles. The van der Waals surface area contributed by atoms with Gasteiger partial charge in [0.15, 0.2) is 0 Å². The number of nitrogens with zero attached hydrogens (tertiary/aromatic N) is 4. The number of amides is 3. The average molecular weight is 662 g/mol. The van der Waals surface area contributed by atoms with E-state index in [0.29, 0.717) is 66.7 Å². The zero-order valence-electron chi connectivity index (χ0n) is 26.2. The predicted octanol–water partition coefficient (Wildman–Crippen LogP) is 5.20. The van der Waals surface area contributed by atoms with Gasteiger partial charge in [0.05, 0.1) is 18.1 Å². The van der Waals surface area contributed by atoms with Crippen molar-refractivity contribution in [1.82, 2.24) is 14.9 Å². The molecule has 0 bridgehead atoms. The summed E-state index contributed by atoms with van der Waals surface area (Å²) in [6.45, 7) is 5.65. The Morgan fingerprint density at radius 2 is 1.77 bits per heavy atom. The Labute approximate surface area is 272 Å². The number of sulfonamides is 1. The summed E-state index contributed by atoms with van der Waals surface area (Å²) >= 11 is 0. The molecule has 0 radical (unpaired) electrons. The highest BCUT2D eigenvalue weighted by molar-refractivity contribution is 7.92. The number of anilines is 3. The normalized spacial score (nSPS) is 14.0. The van der Waals surface area contributed by atoms with Crippen molar-refractivity contribution in [3.8, 4) is 11.6 Å². The van der Waals surface area contributed by atoms with Crippen molar-refractivity contribution in [2.45, 2.75) is 39.3 Å². The first kappa shape index (κ1) is 33.3. The van der Waals surface area contributed by atoms with Crippen LogP contribution in [0.3, 0.4) is 0 Å². The molecule has 4 N–H and O–H groups in total. The van der Waals surface area contributed by atoms with Gasteiger partial charge in [-0.2, -0.15) is 0 Å². The number of likely N-dealkylation sites (tertiary alicyclic amines) is 1. The van der Waals surface area contributed by atoms with Gasteiger partial charge in [0.2, 0.25) is 15.9 Å². The number of halogens is 1. The molecule has 246 valence electrons. The molecule has 0 unspecified atom stereocenters. The molecular formula is C33H36FN7O5S. The van der Waals surface area contributed by atoms with Gasteiger partial charge in [0, 0.05) is 48.8 Å². The van der Waals surface area contributed by atoms with E-state index in [9.17, 15) is 22.4 Å². The quantitative estimate of drug-likeness (QED) is 0.209. The molecular weight excluding hydrogens is 625 g/mol. The number of nitrogens with one attached hydrogen (secondary N) is 2. The van der Waals surface area contributed by atoms with Crippen LogP contribution in [0.4, 0.5) is 26.2 Å². The molecule has 1 fully saturated rings. The molecule has 14 heteroatoms. The number of aryl methyl sites for hydroxylation is 2. The lowest BCUT2D eigenvalue weighted by atomic mass is 10.0. The molecule has 0 atom stereocenters. The minimum Gasteiger partial charge on any atom is -0.439 e. The first-order valence-electron chi connectivity index (χ1n) is 14.9. The standard InChI is InChI=1S/C33H36FN7O5S/c1-21-17-26(19-36-31(21)32(35)42)38-33(43)41(28-6-4-5-24(34)18-28)27-13-15-40(16-14-27)20-23-7-12-30(37-22(23)2)46-29-10-8-25(9-11-29)39-47(3,44)45/h4-12,17-19,27,39H,13-16,20H2,1-3H3,(H2,35,42)(H,38,43). The van der Waals surface area contributed by atoms with Gasteiger partial charge in [-0.3, -0.25) is 19.3 Å². The highest BCUT2D eigenvalue weighted by atomic mass is 32.2. The number of pyridine rings is 2. The van der Waals surface area contributed by atoms with Crippen LogP contribution < -0.4 is 25.4 Å². The minimum absolute atomic E-state index is 0.126. The number of nitrogens with two attached hydrogens (primary N) is 1. The van der Waals surface area contributed by atoms with Gasteiger partial charge >= 0.3 is 6.03 Å². The second-order valence-electron chi connectivity index (χ2n) is 11.4. The number of carbonyl (C=O) groups excluding carboxylic acids is 2. The molecule has 0 spiro atoms. The zero-order chi connectivity index (χ0) is 33.7. The topological polar surface area (TPSA) is 160 Å². The monoisotopic (exact) mass is 661 g/mol. The van der Waals surface area contributed by atoms with Gasteiger partial charge in [-0.15, -0.1) is 0 Å². The molecule has 4 aromatic rings. The summed E-state index contributed by atoms with van der Waals surface area (Å²) in [5, 5.41) is 2.85. The summed E-state index contributed by atoms with van der Waals surface area (Å²) in [6.07, 6.45) is 3.77. The highest BCUT2D eigenvalue weighted by Crippen LogP contribution is 2.28. The van der Waals surface area contributed by atoms with Crippen LogP contribution in [-0.4, -0.2) is 60.6 Å². The molecule has 0 saturated carbocycles. The third kappa shape index (κ3) is 8.80. The molecule has 1 aliphatic rings. The third-order valence-corrected chi connectivity index (χ3v) is 8.34. The van der Waals surface area contributed by atoms with Gasteiger partial charge in [-0.1, -0.05) is 12.1 Å². The maximum Gasteiger partial charge on any atom is 0.326 e. The first-order chi connectivity index (χ1) is 22.3. The van der Waals surface area contributed by atoms with E-state index in [0.717, 1.165) is 17.5 Å². The Bertz CT molecular complexity index is 1880. The number of urea groups is 1. The number of primary amides is 1. The van der Waals surface area contributed by atoms with Crippen LogP contribution >= 0.6 is 0 Å². The Morgan fingerprint density at radius 3 is 2.38 bits per heavy atom. The smallest absolute Gasteiger partial charge is 0.326 e. The van der Waals surface area contributed by atoms with Crippen LogP contribution in [0.1, 0.15) is 40.2 Å². The van der Waals surface area contributed by atoms with Crippen LogP contribution in [0.2, 0.25) is 0 Å². The second-order valence-corrected chi connectivity index (χ2v) is 13.2. The molecule has 12 nitrogen and oxygen atoms in total. The van der Waals surface area contributed by atoms with E-state index in [1.54, 1.807) is 60.4 Å². The lowest BCUT2D eigenvalue weighted by Crippen LogP contribution is -2.49. The molecule has 2 aromatic carbocycles. The van der Waals surface area contributed by atoms with E-state index >= 15 is 0 Å². The fourth-order valence-corrected chi connectivity index (χ4v) is 6.06. The second kappa shape index (κ2) is 14.1. The van der Waals surface area contributed by atoms with Crippen LogP contribution in [0, 0.1) is 19.7 Å². The van der Waals surface area contributed by atoms with Crippen molar-refractivity contribution in [3.05, 3.63) is 101 Å². The summed E-state index contributed by atoms with van der Waals surface area (Å²) in [5.74, 6) is -0.165. The summed E-state index contributed by atoms with van der Waals surface area (Å²) in [4.78, 5) is 37.7. The van der Waals surface area contributed by atoms with Gasteiger partial charge in [0.25, 0.3) is 5.91 Å². The van der Waals surface area contributed by atoms with Crippen molar-refractivity contribution in [2.75, 3.05) is 34.3 Å². The first-order valence-corrected chi connectivity index (χ1v) is 16.8. The number of ether oxygens (including phenoxy) is 1. The fraction of sp³-hybridized carbons (Fsp3) is 0.273. The lowest BCUT2D eigenvalue weighted by molar-refractivity contribution is 0.0995. The molecule has 47 heavy (non-hydrogen) atoms. The maximum atomic E-state index is 14.3. The number of aromatic nitrogens is 2. The van der Waals surface area contributed by atoms with Crippen molar-refractivity contribution in [1.29, 1.82) is 0 Å². The van der Waals surface area contributed by atoms with E-state index in [4.69, 9.17) is 10.5 Å². The lowest BCUT2D eigenvalue weighted by Gasteiger charge is -2.38. The van der Waals surface area contributed by atoms with Gasteiger partial charge in [-0.25, -0.2) is 27.6 Å². The number of hydrogen-bond acceptors (Lipinski definition) is 8. The zero-order valence-corrected chi connectivity index (χ0v) is 27.1. The minimum atomic E-state index is -3.37. The molecule has 3 heterocycles. The van der Waals surface area contributed by atoms with Crippen LogP contribution in [0.15, 0.2) is 72.9 Å². The number of piperidine rings is 1. The van der Waals surface area contributed by atoms with Crippen molar-refractivity contribution < 1.29 is 27.1 Å². The Hall–Kier alpha value is -5.08. The van der Waals surface area contributed by atoms with Gasteiger partial charge in [-0.05, 0) is 86.3 Å². The van der Waals surface area contributed by atoms with E-state index in [-0.39, 0.29) is 11.7 Å². The summed E-state index contributed by atoms with van der Waals surface area (Å²) in [5.41, 5.74) is 9.14. The summed E-state index contributed by atoms with van der Waals surface area (Å²) in [6, 6.07) is 17.2. The highest BCUT2D eigenvalue weighted by Gasteiger charge is 2.30. The van der Waals surface area contributed by atoms with Crippen LogP contribution in [0.25, 0.3) is 0 Å². The fourth-order valence-electron chi connectivity index (χ4n) is 5.50. The Balaban J connectivity index is 1.22. The van der Waals surface area contributed by atoms with Gasteiger partial charge < -0.3 is 15.8 Å². The SMILES string of the molecule is Cc1cc(NC(=O)N(c2cccc(F)c2)C2CCN(Cc3ccc(Oc4ccc(NS(C)(=O)=O)cc4)nc3C)CC2)cnc1C(N)=O. The van der Waals surface area contributed by atoms with Crippen LogP contribution in [-0.2, 0) is 16.6 Å². The van der Waals surface area contributed by atoms with E-state index in [1.165, 1.54) is 18.3 Å². The molecule has 2 aromatic heterocycles. The van der Waals surface area contributed by atoms with E-state index in [2.05, 4.69) is 24.9 Å². The van der Waals surface area contributed by atoms with Crippen molar-refractivity contribution >= 4 is 39.0 Å². The number of rotatable bonds is 10. The van der Waals surface area contributed by atoms with E-state index < -0.39 is 27.8 Å². The summed E-state index contributed by atoms with van der Waals surface area (Å²) < 4.78 is 45.4. The van der Waals surface area contributed by atoms with Gasteiger partial charge in [0.1, 0.15) is 17.3 Å². The summed E-state index contributed by atoms with van der Waals surface area (Å²) in [7, 11) is -3.37. The maximum absolute atomic E-state index is 14.3. The number of benzene rings is 2. The largest absolute Gasteiger partial charge is 0.439 e. The average Bonchev–Trinajstić information content (AvgIpc) is 3.00. The number of hydrogen-bond donors (Lipinski definition) is 3. The van der Waals surface area contributed by atoms with Crippen molar-refractivity contribution in [3.63, 3.8) is 0 Å². The Kier molecular flexibility index (Phi) is 10.0. The molecule has 3 amide bonds. The molecule has 5 rings (SSSR count). The van der Waals surface area contributed by atoms with Crippen LogP contribution in [0.5, 0.6) is 11.6 Å². The predicted molar refractivity (Wildman–Crippen MR) is 178 cm³/mol. The molecule has 1 aliphatic heterocycles. The Morgan fingerprint density at radius 1 is 1.04 bits per heavy atom. The number of carbonyl (C=O) groups is 2. The third-order valence-electron chi connectivity index (χ3n) is 7.73. The molecule has 1 saturated heterocycles. The van der Waals surface area contributed by atoms with E-state index in [1.807, 2.05) is 13.0 Å².